The molecule has 3 aromatic carbocycles. The highest BCUT2D eigenvalue weighted by molar-refractivity contribution is 5.99. The number of hydrogen-bond acceptors (Lipinski definition) is 17. The molecule has 458 valence electrons. The number of phenolic OH excluding ortho intramolecular Hbond substituents is 3. The molecule has 0 aromatic heterocycles. The fraction of sp³-hybridized carbons (Fsp3) is 0.473. The molecule has 3 aromatic rings. The normalized spacial score (nSPS) is 16.1. The van der Waals surface area contributed by atoms with Gasteiger partial charge in [-0.3, -0.25) is 48.1 Å². The SMILES string of the molecule is CC(C)C[C@H](NC(=O)[C@@H]1CCCN1C(=O)[C@H](CCCN=C(N)N)NC(=O)[C@H](Cc1ccc(O)cc1)NC(=O)[C@H](Cc1ccc(O)cc1)NC(=O)[C@@H](NC(=O)[C@@H](N)CO)[C@@H](C)O)C(=O)N[C@@H](CC(=O)O)C(=O)N[C@@H](Cc1ccc(O)cc1)C(=O)O. The van der Waals surface area contributed by atoms with Crippen molar-refractivity contribution in [2.75, 3.05) is 19.7 Å². The summed E-state index contributed by atoms with van der Waals surface area (Å²) in [6, 6.07) is 2.62. The number of nitrogens with one attached hydrogen (secondary N) is 7. The molecule has 0 aliphatic carbocycles. The van der Waals surface area contributed by atoms with E-state index in [0.717, 1.165) is 0 Å². The molecule has 0 radical (unpaired) electrons. The third-order valence-corrected chi connectivity index (χ3v) is 13.4. The lowest BCUT2D eigenvalue weighted by Crippen LogP contribution is -2.61. The summed E-state index contributed by atoms with van der Waals surface area (Å²) in [7, 11) is 0. The fourth-order valence-electron chi connectivity index (χ4n) is 8.94. The molecule has 8 amide bonds. The molecule has 1 aliphatic heterocycles. The van der Waals surface area contributed by atoms with Gasteiger partial charge in [0.1, 0.15) is 71.6 Å². The molecule has 29 nitrogen and oxygen atoms in total. The molecule has 20 N–H and O–H groups in total. The summed E-state index contributed by atoms with van der Waals surface area (Å²) >= 11 is 0. The molecular formula is C55H76N12O17. The largest absolute Gasteiger partial charge is 0.508 e. The van der Waals surface area contributed by atoms with E-state index >= 15 is 0 Å². The van der Waals surface area contributed by atoms with Gasteiger partial charge in [-0.2, -0.15) is 0 Å². The summed E-state index contributed by atoms with van der Waals surface area (Å²) in [5, 5.41) is 86.5. The number of amides is 8. The number of carbonyl (C=O) groups is 10. The van der Waals surface area contributed by atoms with E-state index in [4.69, 9.17) is 17.2 Å². The summed E-state index contributed by atoms with van der Waals surface area (Å²) in [5.41, 5.74) is 17.9. The maximum Gasteiger partial charge on any atom is 0.326 e. The van der Waals surface area contributed by atoms with E-state index in [2.05, 4.69) is 42.2 Å². The van der Waals surface area contributed by atoms with Crippen molar-refractivity contribution in [3.8, 4) is 17.2 Å². The van der Waals surface area contributed by atoms with Crippen LogP contribution in [0.25, 0.3) is 0 Å². The molecule has 0 unspecified atom stereocenters. The molecule has 10 atom stereocenters. The van der Waals surface area contributed by atoms with Crippen LogP contribution in [0.5, 0.6) is 17.2 Å². The molecule has 1 heterocycles. The van der Waals surface area contributed by atoms with Crippen molar-refractivity contribution in [2.45, 2.75) is 139 Å². The van der Waals surface area contributed by atoms with Gasteiger partial charge >= 0.3 is 11.9 Å². The standard InChI is InChI=1S/C55H76N12O17/c1-28(2)22-38(47(76)62-41(26-44(73)74)50(79)65-42(54(83)84)25-32-12-18-35(72)19-13-32)63-51(80)43-7-5-21-67(43)53(82)37(6-4-20-59-55(57)58)60-48(77)39(23-30-8-14-33(70)15-9-30)61-49(78)40(24-31-10-16-34(71)17-11-31)64-52(81)45(29(3)69)66-46(75)36(56)27-68/h8-19,28-29,36-43,45,68-72H,4-7,20-27,56H2,1-3H3,(H,60,77)(H,61,78)(H,62,76)(H,63,80)(H,64,81)(H,65,79)(H,66,75)(H,73,74)(H,83,84)(H4,57,58,59)/t29-,36+,37+,38+,39+,40+,41+,42+,43+,45+/m1/s1. The van der Waals surface area contributed by atoms with Gasteiger partial charge in [0.05, 0.1) is 19.1 Å². The number of nitrogens with two attached hydrogens (primary N) is 3. The number of hydrogen-bond donors (Lipinski definition) is 17. The highest BCUT2D eigenvalue weighted by Gasteiger charge is 2.41. The number of aliphatic carboxylic acids is 2. The van der Waals surface area contributed by atoms with E-state index < -0.39 is 133 Å². The number of likely N-dealkylation sites (tertiary alicyclic amines) is 1. The van der Waals surface area contributed by atoms with Crippen LogP contribution in [0, 0.1) is 5.92 Å². The molecule has 4 rings (SSSR count). The summed E-state index contributed by atoms with van der Waals surface area (Å²) in [5.74, 6) is -11.8. The van der Waals surface area contributed by atoms with Crippen molar-refractivity contribution in [2.24, 2.45) is 28.1 Å². The third kappa shape index (κ3) is 21.7. The Labute approximate surface area is 483 Å². The zero-order valence-electron chi connectivity index (χ0n) is 46.6. The Hall–Kier alpha value is -9.09. The highest BCUT2D eigenvalue weighted by Crippen LogP contribution is 2.22. The second-order valence-corrected chi connectivity index (χ2v) is 20.7. The average molecular weight is 1180 g/mol. The Kier molecular flexibility index (Phi) is 26.1. The van der Waals surface area contributed by atoms with Crippen LogP contribution >= 0.6 is 0 Å². The number of phenols is 3. The quantitative estimate of drug-likeness (QED) is 0.0164. The first-order valence-corrected chi connectivity index (χ1v) is 27.0. The van der Waals surface area contributed by atoms with Crippen molar-refractivity contribution in [1.82, 2.24) is 42.1 Å². The lowest BCUT2D eigenvalue weighted by atomic mass is 10.0. The first kappa shape index (κ1) is 67.4. The fourth-order valence-corrected chi connectivity index (χ4v) is 8.94. The number of carboxylic acid groups (broad SMARTS) is 2. The topological polar surface area (TPSA) is 490 Å². The van der Waals surface area contributed by atoms with Gasteiger partial charge in [0.15, 0.2) is 5.96 Å². The predicted octanol–water partition coefficient (Wildman–Crippen LogP) is -3.42. The van der Waals surface area contributed by atoms with Crippen LogP contribution in [-0.4, -0.2) is 186 Å². The van der Waals surface area contributed by atoms with Crippen molar-refractivity contribution in [1.29, 1.82) is 0 Å². The molecule has 1 saturated heterocycles. The average Bonchev–Trinajstić information content (AvgIpc) is 3.52. The lowest BCUT2D eigenvalue weighted by molar-refractivity contribution is -0.144. The maximum atomic E-state index is 14.8. The van der Waals surface area contributed by atoms with Crippen LogP contribution in [0.3, 0.4) is 0 Å². The van der Waals surface area contributed by atoms with Crippen molar-refractivity contribution < 1.29 is 83.7 Å². The smallest absolute Gasteiger partial charge is 0.326 e. The first-order valence-electron chi connectivity index (χ1n) is 27.0. The van der Waals surface area contributed by atoms with E-state index in [1.165, 1.54) is 84.6 Å². The second kappa shape index (κ2) is 32.5. The van der Waals surface area contributed by atoms with Crippen molar-refractivity contribution >= 4 is 65.2 Å². The summed E-state index contributed by atoms with van der Waals surface area (Å²) in [6.45, 7) is 3.74. The summed E-state index contributed by atoms with van der Waals surface area (Å²) < 4.78 is 0. The van der Waals surface area contributed by atoms with Gasteiger partial charge in [0.2, 0.25) is 47.3 Å². The number of aromatic hydroxyl groups is 3. The maximum absolute atomic E-state index is 14.8. The number of benzene rings is 3. The zero-order chi connectivity index (χ0) is 62.4. The van der Waals surface area contributed by atoms with Crippen LogP contribution in [0.15, 0.2) is 77.8 Å². The number of aliphatic imine (C=N–C) groups is 1. The Bertz CT molecular complexity index is 2800. The zero-order valence-corrected chi connectivity index (χ0v) is 46.6. The molecule has 0 saturated carbocycles. The summed E-state index contributed by atoms with van der Waals surface area (Å²) in [4.78, 5) is 142. The monoisotopic (exact) mass is 1180 g/mol. The Balaban J connectivity index is 1.64. The Morgan fingerprint density at radius 3 is 1.49 bits per heavy atom. The minimum absolute atomic E-state index is 0.0275. The molecular weight excluding hydrogens is 1100 g/mol. The van der Waals surface area contributed by atoms with E-state index in [1.54, 1.807) is 13.8 Å². The molecule has 0 bridgehead atoms. The van der Waals surface area contributed by atoms with Crippen molar-refractivity contribution in [3.63, 3.8) is 0 Å². The number of aliphatic hydroxyl groups excluding tert-OH is 2. The molecule has 84 heavy (non-hydrogen) atoms. The minimum Gasteiger partial charge on any atom is -0.508 e. The van der Waals surface area contributed by atoms with Gasteiger partial charge in [0, 0.05) is 32.4 Å². The van der Waals surface area contributed by atoms with Gasteiger partial charge in [-0.05, 0) is 98.0 Å². The Morgan fingerprint density at radius 2 is 1.04 bits per heavy atom. The number of carboxylic acids is 2. The van der Waals surface area contributed by atoms with E-state index in [9.17, 15) is 83.7 Å². The number of rotatable bonds is 32. The second-order valence-electron chi connectivity index (χ2n) is 20.7. The van der Waals surface area contributed by atoms with Crippen LogP contribution in [0.4, 0.5) is 0 Å². The van der Waals surface area contributed by atoms with Crippen LogP contribution in [-0.2, 0) is 67.2 Å². The van der Waals surface area contributed by atoms with Crippen LogP contribution < -0.4 is 54.4 Å². The number of nitrogens with zero attached hydrogens (tertiary/aromatic N) is 2. The van der Waals surface area contributed by atoms with Gasteiger partial charge in [0.25, 0.3) is 0 Å². The Morgan fingerprint density at radius 1 is 0.595 bits per heavy atom. The third-order valence-electron chi connectivity index (χ3n) is 13.4. The van der Waals surface area contributed by atoms with Crippen LogP contribution in [0.1, 0.15) is 76.0 Å². The highest BCUT2D eigenvalue weighted by atomic mass is 16.4. The molecule has 1 aliphatic rings. The van der Waals surface area contributed by atoms with Gasteiger partial charge in [-0.1, -0.05) is 50.2 Å². The predicted molar refractivity (Wildman–Crippen MR) is 300 cm³/mol. The molecule has 0 spiro atoms. The van der Waals surface area contributed by atoms with E-state index in [1.807, 2.05) is 0 Å². The minimum atomic E-state index is -1.83. The number of carbonyl (C=O) groups excluding carboxylic acids is 8. The van der Waals surface area contributed by atoms with Crippen LogP contribution in [0.2, 0.25) is 0 Å². The number of aliphatic hydroxyl groups is 2. The van der Waals surface area contributed by atoms with Gasteiger partial charge < -0.3 is 95.1 Å². The number of guanidine groups is 1. The first-order chi connectivity index (χ1) is 39.6. The van der Waals surface area contributed by atoms with E-state index in [0.29, 0.717) is 16.7 Å². The lowest BCUT2D eigenvalue weighted by Gasteiger charge is -2.31. The van der Waals surface area contributed by atoms with E-state index in [-0.39, 0.29) is 93.6 Å². The summed E-state index contributed by atoms with van der Waals surface area (Å²) in [6.07, 6.45) is -3.23. The van der Waals surface area contributed by atoms with Gasteiger partial charge in [-0.15, -0.1) is 0 Å². The van der Waals surface area contributed by atoms with Crippen molar-refractivity contribution in [3.05, 3.63) is 89.5 Å². The van der Waals surface area contributed by atoms with Gasteiger partial charge in [-0.25, -0.2) is 4.79 Å². The molecule has 29 heteroatoms. The molecule has 1 fully saturated rings.